The molecule has 0 spiro atoms. The molecule has 10 heteroatoms. The Hall–Kier alpha value is -3.56. The molecule has 0 aliphatic carbocycles. The summed E-state index contributed by atoms with van der Waals surface area (Å²) >= 11 is 6.15. The molecule has 2 amide bonds. The van der Waals surface area contributed by atoms with Crippen LogP contribution in [-0.4, -0.2) is 51.4 Å². The van der Waals surface area contributed by atoms with Crippen LogP contribution in [0.25, 0.3) is 0 Å². The molecule has 0 saturated heterocycles. The van der Waals surface area contributed by atoms with Crippen molar-refractivity contribution in [1.29, 1.82) is 0 Å². The number of sulfonamides is 1. The summed E-state index contributed by atoms with van der Waals surface area (Å²) in [6.45, 7) is 5.45. The summed E-state index contributed by atoms with van der Waals surface area (Å²) < 4.78 is 34.2. The SMILES string of the molecule is CCCCNC(=O)[C@H](C)N(Cc1cccc(OC)c1)C(=O)CN(c1ccc(Cl)cc1C)S(=O)(=O)c1ccccc1. The van der Waals surface area contributed by atoms with Crippen LogP contribution in [-0.2, 0) is 26.2 Å². The number of nitrogens with zero attached hydrogens (tertiary/aromatic N) is 2. The maximum absolute atomic E-state index is 14.0. The standard InChI is InChI=1S/C30H36ClN3O5S/c1-5-6-17-32-30(36)23(3)33(20-24-11-10-12-26(19-24)39-4)29(35)21-34(28-16-15-25(31)18-22(28)2)40(37,38)27-13-8-7-9-14-27/h7-16,18-19,23H,5-6,17,20-21H2,1-4H3,(H,32,36)/t23-/m0/s1. The van der Waals surface area contributed by atoms with Crippen LogP contribution < -0.4 is 14.4 Å². The summed E-state index contributed by atoms with van der Waals surface area (Å²) in [5.41, 5.74) is 1.65. The van der Waals surface area contributed by atoms with Gasteiger partial charge in [0.1, 0.15) is 18.3 Å². The molecule has 0 radical (unpaired) electrons. The minimum atomic E-state index is -4.14. The summed E-state index contributed by atoms with van der Waals surface area (Å²) in [5.74, 6) is -0.241. The topological polar surface area (TPSA) is 96.0 Å². The number of aryl methyl sites for hydroxylation is 1. The lowest BCUT2D eigenvalue weighted by molar-refractivity contribution is -0.139. The van der Waals surface area contributed by atoms with Crippen molar-refractivity contribution >= 4 is 39.1 Å². The Bertz CT molecular complexity index is 1420. The first-order chi connectivity index (χ1) is 19.1. The normalized spacial score (nSPS) is 11.9. The van der Waals surface area contributed by atoms with Gasteiger partial charge >= 0.3 is 0 Å². The number of unbranched alkanes of at least 4 members (excludes halogenated alkanes) is 1. The highest BCUT2D eigenvalue weighted by atomic mass is 35.5. The zero-order chi connectivity index (χ0) is 29.3. The maximum atomic E-state index is 14.0. The van der Waals surface area contributed by atoms with E-state index < -0.39 is 28.5 Å². The van der Waals surface area contributed by atoms with E-state index in [0.717, 1.165) is 22.7 Å². The molecule has 0 aliphatic rings. The van der Waals surface area contributed by atoms with Crippen molar-refractivity contribution in [2.24, 2.45) is 0 Å². The van der Waals surface area contributed by atoms with Crippen LogP contribution in [0.4, 0.5) is 5.69 Å². The second-order valence-electron chi connectivity index (χ2n) is 9.45. The quantitative estimate of drug-likeness (QED) is 0.279. The van der Waals surface area contributed by atoms with Gasteiger partial charge in [-0.2, -0.15) is 0 Å². The van der Waals surface area contributed by atoms with E-state index in [0.29, 0.717) is 28.6 Å². The monoisotopic (exact) mass is 585 g/mol. The number of hydrogen-bond acceptors (Lipinski definition) is 5. The largest absolute Gasteiger partial charge is 0.497 e. The van der Waals surface area contributed by atoms with Crippen LogP contribution in [0.15, 0.2) is 77.7 Å². The highest BCUT2D eigenvalue weighted by Crippen LogP contribution is 2.29. The number of rotatable bonds is 13. The van der Waals surface area contributed by atoms with Crippen molar-refractivity contribution in [2.75, 3.05) is 24.5 Å². The molecule has 1 atom stereocenters. The Labute approximate surface area is 241 Å². The first kappa shape index (κ1) is 31.0. The summed E-state index contributed by atoms with van der Waals surface area (Å²) in [5, 5.41) is 3.33. The Kier molecular flexibility index (Phi) is 11.0. The number of carbonyl (C=O) groups is 2. The highest BCUT2D eigenvalue weighted by molar-refractivity contribution is 7.92. The molecule has 0 unspecified atom stereocenters. The number of hydrogen-bond donors (Lipinski definition) is 1. The van der Waals surface area contributed by atoms with Crippen molar-refractivity contribution in [3.05, 3.63) is 88.9 Å². The second kappa shape index (κ2) is 14.2. The molecule has 0 fully saturated rings. The van der Waals surface area contributed by atoms with E-state index in [1.807, 2.05) is 13.0 Å². The smallest absolute Gasteiger partial charge is 0.264 e. The fraction of sp³-hybridized carbons (Fsp3) is 0.333. The number of anilines is 1. The van der Waals surface area contributed by atoms with Gasteiger partial charge in [-0.05, 0) is 73.9 Å². The van der Waals surface area contributed by atoms with Crippen molar-refractivity contribution < 1.29 is 22.7 Å². The summed E-state index contributed by atoms with van der Waals surface area (Å²) in [4.78, 5) is 28.5. The van der Waals surface area contributed by atoms with Crippen LogP contribution in [0.5, 0.6) is 5.75 Å². The van der Waals surface area contributed by atoms with Gasteiger partial charge in [-0.3, -0.25) is 13.9 Å². The first-order valence-corrected chi connectivity index (χ1v) is 14.9. The Morgan fingerprint density at radius 2 is 1.75 bits per heavy atom. The average molecular weight is 586 g/mol. The van der Waals surface area contributed by atoms with E-state index in [4.69, 9.17) is 16.3 Å². The van der Waals surface area contributed by atoms with Crippen LogP contribution in [0.1, 0.15) is 37.8 Å². The number of methoxy groups -OCH3 is 1. The van der Waals surface area contributed by atoms with Gasteiger partial charge in [-0.25, -0.2) is 8.42 Å². The molecular weight excluding hydrogens is 550 g/mol. The second-order valence-corrected chi connectivity index (χ2v) is 11.7. The zero-order valence-corrected chi connectivity index (χ0v) is 24.8. The number of nitrogens with one attached hydrogen (secondary N) is 1. The van der Waals surface area contributed by atoms with E-state index in [1.165, 1.54) is 17.0 Å². The van der Waals surface area contributed by atoms with Gasteiger partial charge in [0.2, 0.25) is 11.8 Å². The average Bonchev–Trinajstić information content (AvgIpc) is 2.95. The minimum absolute atomic E-state index is 0.0434. The Balaban J connectivity index is 2.03. The number of halogens is 1. The molecular formula is C30H36ClN3O5S. The van der Waals surface area contributed by atoms with Crippen molar-refractivity contribution in [1.82, 2.24) is 10.2 Å². The molecule has 0 heterocycles. The van der Waals surface area contributed by atoms with E-state index in [-0.39, 0.29) is 17.3 Å². The highest BCUT2D eigenvalue weighted by Gasteiger charge is 2.33. The lowest BCUT2D eigenvalue weighted by Gasteiger charge is -2.32. The first-order valence-electron chi connectivity index (χ1n) is 13.1. The van der Waals surface area contributed by atoms with Gasteiger partial charge in [0, 0.05) is 18.1 Å². The fourth-order valence-corrected chi connectivity index (χ4v) is 5.94. The summed E-state index contributed by atoms with van der Waals surface area (Å²) in [6.07, 6.45) is 1.72. The maximum Gasteiger partial charge on any atom is 0.264 e. The molecule has 0 aromatic heterocycles. The molecule has 3 aromatic rings. The summed E-state index contributed by atoms with van der Waals surface area (Å²) in [6, 6.07) is 19.1. The van der Waals surface area contributed by atoms with Gasteiger partial charge in [-0.15, -0.1) is 0 Å². The predicted molar refractivity (Wildman–Crippen MR) is 158 cm³/mol. The molecule has 0 aliphatic heterocycles. The molecule has 1 N–H and O–H groups in total. The van der Waals surface area contributed by atoms with Gasteiger partial charge in [-0.1, -0.05) is 55.3 Å². The van der Waals surface area contributed by atoms with E-state index >= 15 is 0 Å². The zero-order valence-electron chi connectivity index (χ0n) is 23.3. The third kappa shape index (κ3) is 7.76. The minimum Gasteiger partial charge on any atom is -0.497 e. The third-order valence-corrected chi connectivity index (χ3v) is 8.53. The Morgan fingerprint density at radius 1 is 1.02 bits per heavy atom. The molecule has 3 aromatic carbocycles. The molecule has 0 bridgehead atoms. The van der Waals surface area contributed by atoms with E-state index in [2.05, 4.69) is 5.32 Å². The number of carbonyl (C=O) groups excluding carboxylic acids is 2. The predicted octanol–water partition coefficient (Wildman–Crippen LogP) is 5.19. The van der Waals surface area contributed by atoms with Gasteiger partial charge in [0.15, 0.2) is 0 Å². The molecule has 0 saturated carbocycles. The van der Waals surface area contributed by atoms with Crippen LogP contribution in [0.2, 0.25) is 5.02 Å². The lowest BCUT2D eigenvalue weighted by Crippen LogP contribution is -2.51. The Morgan fingerprint density at radius 3 is 2.40 bits per heavy atom. The van der Waals surface area contributed by atoms with E-state index in [1.54, 1.807) is 75.6 Å². The molecule has 214 valence electrons. The van der Waals surface area contributed by atoms with Gasteiger partial charge in [0.05, 0.1) is 17.7 Å². The van der Waals surface area contributed by atoms with Crippen molar-refractivity contribution in [3.8, 4) is 5.75 Å². The van der Waals surface area contributed by atoms with E-state index in [9.17, 15) is 18.0 Å². The number of amides is 2. The molecule has 3 rings (SSSR count). The lowest BCUT2D eigenvalue weighted by atomic mass is 10.1. The number of ether oxygens (including phenoxy) is 1. The summed E-state index contributed by atoms with van der Waals surface area (Å²) in [7, 11) is -2.59. The number of benzene rings is 3. The van der Waals surface area contributed by atoms with Crippen LogP contribution in [0.3, 0.4) is 0 Å². The van der Waals surface area contributed by atoms with Crippen molar-refractivity contribution in [3.63, 3.8) is 0 Å². The van der Waals surface area contributed by atoms with Gasteiger partial charge < -0.3 is 15.0 Å². The van der Waals surface area contributed by atoms with Gasteiger partial charge in [0.25, 0.3) is 10.0 Å². The molecule has 8 nitrogen and oxygen atoms in total. The van der Waals surface area contributed by atoms with Crippen molar-refractivity contribution in [2.45, 2.75) is 51.1 Å². The van der Waals surface area contributed by atoms with Crippen LogP contribution in [0, 0.1) is 6.92 Å². The van der Waals surface area contributed by atoms with Crippen LogP contribution >= 0.6 is 11.6 Å². The third-order valence-electron chi connectivity index (χ3n) is 6.52. The fourth-order valence-electron chi connectivity index (χ4n) is 4.22. The molecule has 40 heavy (non-hydrogen) atoms.